The van der Waals surface area contributed by atoms with Crippen molar-refractivity contribution in [2.24, 2.45) is 11.8 Å². The van der Waals surface area contributed by atoms with Crippen LogP contribution < -0.4 is 5.32 Å². The predicted molar refractivity (Wildman–Crippen MR) is 78.9 cm³/mol. The number of hydrogen-bond acceptors (Lipinski definition) is 2. The molecule has 0 aliphatic heterocycles. The van der Waals surface area contributed by atoms with Crippen molar-refractivity contribution in [1.82, 2.24) is 10.2 Å². The van der Waals surface area contributed by atoms with Gasteiger partial charge in [0.15, 0.2) is 0 Å². The molecule has 0 bridgehead atoms. The lowest BCUT2D eigenvalue weighted by molar-refractivity contribution is 0.0755. The molecule has 0 heterocycles. The van der Waals surface area contributed by atoms with Crippen molar-refractivity contribution in [2.45, 2.75) is 71.4 Å². The molecule has 2 saturated carbocycles. The van der Waals surface area contributed by atoms with Gasteiger partial charge in [0.25, 0.3) is 0 Å². The molecule has 0 amide bonds. The summed E-state index contributed by atoms with van der Waals surface area (Å²) in [6.45, 7) is 10.7. The molecule has 1 N–H and O–H groups in total. The molecule has 0 spiro atoms. The van der Waals surface area contributed by atoms with E-state index in [4.69, 9.17) is 0 Å². The van der Waals surface area contributed by atoms with Crippen molar-refractivity contribution in [3.63, 3.8) is 0 Å². The summed E-state index contributed by atoms with van der Waals surface area (Å²) >= 11 is 0. The van der Waals surface area contributed by atoms with Crippen LogP contribution in [0.15, 0.2) is 0 Å². The standard InChI is InChI=1S/C16H32N2/c1-4-17-15-10-9-13(3)11-16(15)18(5-2)12-14-7-6-8-14/h13-17H,4-12H2,1-3H3. The van der Waals surface area contributed by atoms with Crippen molar-refractivity contribution >= 4 is 0 Å². The van der Waals surface area contributed by atoms with Gasteiger partial charge in [-0.15, -0.1) is 0 Å². The second kappa shape index (κ2) is 6.91. The predicted octanol–water partition coefficient (Wildman–Crippen LogP) is 3.28. The summed E-state index contributed by atoms with van der Waals surface area (Å²) in [6, 6.07) is 1.53. The summed E-state index contributed by atoms with van der Waals surface area (Å²) in [6.07, 6.45) is 8.61. The Hall–Kier alpha value is -0.0800. The molecule has 0 saturated heterocycles. The Morgan fingerprint density at radius 3 is 2.44 bits per heavy atom. The summed E-state index contributed by atoms with van der Waals surface area (Å²) in [5.41, 5.74) is 0. The molecule has 2 fully saturated rings. The first-order valence-electron chi connectivity index (χ1n) is 8.22. The van der Waals surface area contributed by atoms with Crippen LogP contribution in [-0.2, 0) is 0 Å². The van der Waals surface area contributed by atoms with Crippen LogP contribution in [0.25, 0.3) is 0 Å². The van der Waals surface area contributed by atoms with Crippen LogP contribution in [0.1, 0.15) is 59.3 Å². The van der Waals surface area contributed by atoms with Crippen molar-refractivity contribution in [3.05, 3.63) is 0 Å². The highest BCUT2D eigenvalue weighted by Gasteiger charge is 2.33. The fourth-order valence-corrected chi connectivity index (χ4v) is 3.76. The number of hydrogen-bond donors (Lipinski definition) is 1. The van der Waals surface area contributed by atoms with Crippen LogP contribution in [-0.4, -0.2) is 36.6 Å². The second-order valence-electron chi connectivity index (χ2n) is 6.53. The average molecular weight is 252 g/mol. The molecule has 0 aromatic rings. The molecule has 2 nitrogen and oxygen atoms in total. The van der Waals surface area contributed by atoms with Crippen molar-refractivity contribution < 1.29 is 0 Å². The van der Waals surface area contributed by atoms with Gasteiger partial charge in [-0.2, -0.15) is 0 Å². The van der Waals surface area contributed by atoms with Gasteiger partial charge in [-0.05, 0) is 57.0 Å². The van der Waals surface area contributed by atoms with Crippen molar-refractivity contribution in [3.8, 4) is 0 Å². The van der Waals surface area contributed by atoms with Gasteiger partial charge in [0.1, 0.15) is 0 Å². The zero-order chi connectivity index (χ0) is 13.0. The van der Waals surface area contributed by atoms with Crippen molar-refractivity contribution in [1.29, 1.82) is 0 Å². The van der Waals surface area contributed by atoms with Crippen LogP contribution in [0.3, 0.4) is 0 Å². The third kappa shape index (κ3) is 3.48. The SMILES string of the molecule is CCNC1CCC(C)CC1N(CC)CC1CCC1. The van der Waals surface area contributed by atoms with E-state index >= 15 is 0 Å². The fraction of sp³-hybridized carbons (Fsp3) is 1.00. The molecule has 0 aromatic heterocycles. The first kappa shape index (κ1) is 14.3. The molecule has 106 valence electrons. The van der Waals surface area contributed by atoms with E-state index in [1.807, 2.05) is 0 Å². The molecule has 2 aliphatic carbocycles. The molecule has 3 atom stereocenters. The van der Waals surface area contributed by atoms with Crippen LogP contribution in [0.5, 0.6) is 0 Å². The Morgan fingerprint density at radius 2 is 1.89 bits per heavy atom. The van der Waals surface area contributed by atoms with E-state index in [-0.39, 0.29) is 0 Å². The van der Waals surface area contributed by atoms with E-state index in [1.54, 1.807) is 0 Å². The van der Waals surface area contributed by atoms with E-state index in [0.717, 1.165) is 30.5 Å². The summed E-state index contributed by atoms with van der Waals surface area (Å²) in [4.78, 5) is 2.78. The van der Waals surface area contributed by atoms with Gasteiger partial charge >= 0.3 is 0 Å². The number of nitrogens with zero attached hydrogens (tertiary/aromatic N) is 1. The summed E-state index contributed by atoms with van der Waals surface area (Å²) < 4.78 is 0. The second-order valence-corrected chi connectivity index (χ2v) is 6.53. The fourth-order valence-electron chi connectivity index (χ4n) is 3.76. The normalized spacial score (nSPS) is 33.7. The maximum absolute atomic E-state index is 3.74. The monoisotopic (exact) mass is 252 g/mol. The van der Waals surface area contributed by atoms with Crippen LogP contribution in [0.4, 0.5) is 0 Å². The molecule has 3 unspecified atom stereocenters. The van der Waals surface area contributed by atoms with E-state index in [0.29, 0.717) is 0 Å². The third-order valence-electron chi connectivity index (χ3n) is 5.14. The Kier molecular flexibility index (Phi) is 5.50. The third-order valence-corrected chi connectivity index (χ3v) is 5.14. The molecular formula is C16H32N2. The van der Waals surface area contributed by atoms with Gasteiger partial charge in [-0.25, -0.2) is 0 Å². The molecule has 2 heteroatoms. The maximum Gasteiger partial charge on any atom is 0.0251 e. The molecule has 0 aromatic carbocycles. The minimum atomic E-state index is 0.742. The molecule has 0 radical (unpaired) electrons. The Balaban J connectivity index is 1.94. The average Bonchev–Trinajstić information content (AvgIpc) is 2.31. The Bertz CT molecular complexity index is 237. The largest absolute Gasteiger partial charge is 0.313 e. The molecular weight excluding hydrogens is 220 g/mol. The maximum atomic E-state index is 3.74. The lowest BCUT2D eigenvalue weighted by atomic mass is 9.80. The first-order chi connectivity index (χ1) is 8.74. The van der Waals surface area contributed by atoms with Gasteiger partial charge in [0.2, 0.25) is 0 Å². The summed E-state index contributed by atoms with van der Waals surface area (Å²) in [5.74, 6) is 1.92. The zero-order valence-corrected chi connectivity index (χ0v) is 12.6. The van der Waals surface area contributed by atoms with E-state index in [1.165, 1.54) is 51.6 Å². The number of nitrogens with one attached hydrogen (secondary N) is 1. The first-order valence-corrected chi connectivity index (χ1v) is 8.22. The smallest absolute Gasteiger partial charge is 0.0251 e. The van der Waals surface area contributed by atoms with Gasteiger partial charge in [0, 0.05) is 18.6 Å². The molecule has 2 aliphatic rings. The van der Waals surface area contributed by atoms with E-state index < -0.39 is 0 Å². The van der Waals surface area contributed by atoms with Gasteiger partial charge in [-0.1, -0.05) is 27.2 Å². The highest BCUT2D eigenvalue weighted by atomic mass is 15.2. The minimum absolute atomic E-state index is 0.742. The van der Waals surface area contributed by atoms with Crippen LogP contribution in [0.2, 0.25) is 0 Å². The van der Waals surface area contributed by atoms with E-state index in [2.05, 4.69) is 31.0 Å². The Labute approximate surface area is 114 Å². The minimum Gasteiger partial charge on any atom is -0.313 e. The highest BCUT2D eigenvalue weighted by molar-refractivity contribution is 4.91. The molecule has 2 rings (SSSR count). The van der Waals surface area contributed by atoms with E-state index in [9.17, 15) is 0 Å². The van der Waals surface area contributed by atoms with Crippen molar-refractivity contribution in [2.75, 3.05) is 19.6 Å². The molecule has 18 heavy (non-hydrogen) atoms. The van der Waals surface area contributed by atoms with Gasteiger partial charge in [-0.3, -0.25) is 4.90 Å². The Morgan fingerprint density at radius 1 is 1.11 bits per heavy atom. The van der Waals surface area contributed by atoms with Crippen LogP contribution in [0, 0.1) is 11.8 Å². The lowest BCUT2D eigenvalue weighted by Crippen LogP contribution is -2.54. The number of rotatable bonds is 6. The zero-order valence-electron chi connectivity index (χ0n) is 12.6. The van der Waals surface area contributed by atoms with Crippen LogP contribution >= 0.6 is 0 Å². The van der Waals surface area contributed by atoms with Gasteiger partial charge in [0.05, 0.1) is 0 Å². The topological polar surface area (TPSA) is 15.3 Å². The number of likely N-dealkylation sites (N-methyl/N-ethyl adjacent to an activating group) is 2. The van der Waals surface area contributed by atoms with Gasteiger partial charge < -0.3 is 5.32 Å². The quantitative estimate of drug-likeness (QED) is 0.780. The highest BCUT2D eigenvalue weighted by Crippen LogP contribution is 2.32. The lowest BCUT2D eigenvalue weighted by Gasteiger charge is -2.44. The summed E-state index contributed by atoms with van der Waals surface area (Å²) in [7, 11) is 0. The summed E-state index contributed by atoms with van der Waals surface area (Å²) in [5, 5.41) is 3.74.